The smallest absolute Gasteiger partial charge is 0.255 e. The minimum atomic E-state index is -3.59. The second-order valence-electron chi connectivity index (χ2n) is 6.55. The largest absolute Gasteiger partial charge is 0.322 e. The highest BCUT2D eigenvalue weighted by Crippen LogP contribution is 2.16. The van der Waals surface area contributed by atoms with Crippen LogP contribution in [0.15, 0.2) is 53.4 Å². The van der Waals surface area contributed by atoms with Crippen LogP contribution in [-0.4, -0.2) is 34.0 Å². The van der Waals surface area contributed by atoms with Crippen molar-refractivity contribution in [3.8, 4) is 0 Å². The zero-order valence-electron chi connectivity index (χ0n) is 14.7. The first-order chi connectivity index (χ1) is 12.9. The molecule has 0 aromatic heterocycles. The van der Waals surface area contributed by atoms with E-state index < -0.39 is 21.7 Å². The second kappa shape index (κ2) is 8.60. The van der Waals surface area contributed by atoms with E-state index in [0.717, 1.165) is 25.9 Å². The molecule has 1 saturated heterocycles. The summed E-state index contributed by atoms with van der Waals surface area (Å²) in [5, 5.41) is 5.91. The molecule has 1 atom stereocenters. The predicted molar refractivity (Wildman–Crippen MR) is 102 cm³/mol. The second-order valence-corrected chi connectivity index (χ2v) is 8.32. The van der Waals surface area contributed by atoms with Crippen molar-refractivity contribution in [2.45, 2.75) is 17.7 Å². The Labute approximate surface area is 158 Å². The minimum Gasteiger partial charge on any atom is -0.322 e. The van der Waals surface area contributed by atoms with Gasteiger partial charge in [0.05, 0.1) is 4.90 Å². The highest BCUT2D eigenvalue weighted by Gasteiger charge is 2.18. The van der Waals surface area contributed by atoms with Gasteiger partial charge < -0.3 is 10.6 Å². The van der Waals surface area contributed by atoms with Crippen molar-refractivity contribution in [2.75, 3.05) is 25.0 Å². The van der Waals surface area contributed by atoms with Crippen LogP contribution in [0.25, 0.3) is 0 Å². The van der Waals surface area contributed by atoms with Gasteiger partial charge >= 0.3 is 0 Å². The Balaban J connectivity index is 1.60. The van der Waals surface area contributed by atoms with Gasteiger partial charge in [-0.15, -0.1) is 0 Å². The van der Waals surface area contributed by atoms with E-state index in [2.05, 4.69) is 15.4 Å². The molecule has 1 aliphatic rings. The standard InChI is InChI=1S/C19H22FN3O3S/c20-16-5-3-15(4-6-16)19(24)23-17-7-9-18(10-8-17)27(25,26)22-13-14-2-1-11-21-12-14/h3-10,14,21-22H,1-2,11-13H2,(H,23,24). The molecular weight excluding hydrogens is 369 g/mol. The van der Waals surface area contributed by atoms with E-state index in [1.54, 1.807) is 0 Å². The Kier molecular flexibility index (Phi) is 6.20. The van der Waals surface area contributed by atoms with Crippen LogP contribution in [0.5, 0.6) is 0 Å². The molecule has 27 heavy (non-hydrogen) atoms. The molecule has 1 aliphatic heterocycles. The molecule has 0 aliphatic carbocycles. The number of carbonyl (C=O) groups is 1. The molecule has 0 radical (unpaired) electrons. The number of nitrogens with one attached hydrogen (secondary N) is 3. The number of benzene rings is 2. The molecule has 3 N–H and O–H groups in total. The number of hydrogen-bond donors (Lipinski definition) is 3. The zero-order chi connectivity index (χ0) is 19.3. The van der Waals surface area contributed by atoms with Crippen molar-refractivity contribution in [1.29, 1.82) is 0 Å². The van der Waals surface area contributed by atoms with Gasteiger partial charge in [0.2, 0.25) is 10.0 Å². The lowest BCUT2D eigenvalue weighted by Crippen LogP contribution is -2.38. The van der Waals surface area contributed by atoms with Crippen LogP contribution < -0.4 is 15.4 Å². The van der Waals surface area contributed by atoms with Crippen molar-refractivity contribution in [1.82, 2.24) is 10.0 Å². The van der Waals surface area contributed by atoms with Crippen LogP contribution in [-0.2, 0) is 10.0 Å². The Hall–Kier alpha value is -2.29. The zero-order valence-corrected chi connectivity index (χ0v) is 15.6. The fourth-order valence-electron chi connectivity index (χ4n) is 2.93. The number of piperidine rings is 1. The van der Waals surface area contributed by atoms with Gasteiger partial charge in [-0.1, -0.05) is 0 Å². The lowest BCUT2D eigenvalue weighted by atomic mass is 10.0. The first-order valence-electron chi connectivity index (χ1n) is 8.81. The van der Waals surface area contributed by atoms with E-state index in [-0.39, 0.29) is 4.90 Å². The van der Waals surface area contributed by atoms with Gasteiger partial charge in [0.25, 0.3) is 5.91 Å². The number of halogens is 1. The number of sulfonamides is 1. The van der Waals surface area contributed by atoms with E-state index >= 15 is 0 Å². The summed E-state index contributed by atoms with van der Waals surface area (Å²) in [7, 11) is -3.59. The average molecular weight is 391 g/mol. The first-order valence-corrected chi connectivity index (χ1v) is 10.3. The lowest BCUT2D eigenvalue weighted by Gasteiger charge is -2.22. The normalized spacial score (nSPS) is 17.4. The maximum Gasteiger partial charge on any atom is 0.255 e. The van der Waals surface area contributed by atoms with Gasteiger partial charge in [-0.05, 0) is 80.4 Å². The van der Waals surface area contributed by atoms with E-state index in [1.165, 1.54) is 48.5 Å². The number of amides is 1. The molecule has 1 heterocycles. The minimum absolute atomic E-state index is 0.144. The molecule has 1 amide bonds. The predicted octanol–water partition coefficient (Wildman–Crippen LogP) is 2.36. The maximum atomic E-state index is 12.9. The van der Waals surface area contributed by atoms with Crippen molar-refractivity contribution in [2.24, 2.45) is 5.92 Å². The van der Waals surface area contributed by atoms with Gasteiger partial charge in [-0.3, -0.25) is 4.79 Å². The highest BCUT2D eigenvalue weighted by atomic mass is 32.2. The summed E-state index contributed by atoms with van der Waals surface area (Å²) >= 11 is 0. The van der Waals surface area contributed by atoms with Crippen molar-refractivity contribution in [3.63, 3.8) is 0 Å². The SMILES string of the molecule is O=C(Nc1ccc(S(=O)(=O)NCC2CCCNC2)cc1)c1ccc(F)cc1. The topological polar surface area (TPSA) is 87.3 Å². The third-order valence-electron chi connectivity index (χ3n) is 4.49. The third-order valence-corrected chi connectivity index (χ3v) is 5.93. The average Bonchev–Trinajstić information content (AvgIpc) is 2.68. The van der Waals surface area contributed by atoms with Crippen LogP contribution >= 0.6 is 0 Å². The molecular formula is C19H22FN3O3S. The molecule has 2 aromatic rings. The van der Waals surface area contributed by atoms with Crippen LogP contribution in [0.2, 0.25) is 0 Å². The van der Waals surface area contributed by atoms with Gasteiger partial charge in [-0.2, -0.15) is 0 Å². The molecule has 0 bridgehead atoms. The maximum absolute atomic E-state index is 12.9. The molecule has 2 aromatic carbocycles. The monoisotopic (exact) mass is 391 g/mol. The van der Waals surface area contributed by atoms with Gasteiger partial charge in [0.15, 0.2) is 0 Å². The van der Waals surface area contributed by atoms with E-state index in [1.807, 2.05) is 0 Å². The van der Waals surface area contributed by atoms with Crippen LogP contribution in [0.1, 0.15) is 23.2 Å². The highest BCUT2D eigenvalue weighted by molar-refractivity contribution is 7.89. The summed E-state index contributed by atoms with van der Waals surface area (Å²) in [6.45, 7) is 2.20. The summed E-state index contributed by atoms with van der Waals surface area (Å²) in [4.78, 5) is 12.3. The number of rotatable bonds is 6. The number of anilines is 1. The van der Waals surface area contributed by atoms with Crippen LogP contribution in [0.4, 0.5) is 10.1 Å². The summed E-state index contributed by atoms with van der Waals surface area (Å²) < 4.78 is 40.4. The molecule has 3 rings (SSSR count). The fraction of sp³-hybridized carbons (Fsp3) is 0.316. The molecule has 0 spiro atoms. The van der Waals surface area contributed by atoms with E-state index in [4.69, 9.17) is 0 Å². The van der Waals surface area contributed by atoms with Gasteiger partial charge in [-0.25, -0.2) is 17.5 Å². The molecule has 1 unspecified atom stereocenters. The molecule has 144 valence electrons. The van der Waals surface area contributed by atoms with Gasteiger partial charge in [0, 0.05) is 17.8 Å². The molecule has 6 nitrogen and oxygen atoms in total. The van der Waals surface area contributed by atoms with E-state index in [9.17, 15) is 17.6 Å². The number of carbonyl (C=O) groups excluding carboxylic acids is 1. The summed E-state index contributed by atoms with van der Waals surface area (Å²) in [6, 6.07) is 11.1. The molecule has 8 heteroatoms. The Morgan fingerprint density at radius 1 is 1.11 bits per heavy atom. The summed E-state index contributed by atoms with van der Waals surface area (Å²) in [5.74, 6) is -0.519. The van der Waals surface area contributed by atoms with Crippen molar-refractivity contribution in [3.05, 3.63) is 59.9 Å². The Bertz CT molecular complexity index is 877. The molecule has 1 fully saturated rings. The quantitative estimate of drug-likeness (QED) is 0.705. The lowest BCUT2D eigenvalue weighted by molar-refractivity contribution is 0.102. The van der Waals surface area contributed by atoms with Crippen molar-refractivity contribution < 1.29 is 17.6 Å². The Morgan fingerprint density at radius 3 is 2.44 bits per heavy atom. The summed E-state index contributed by atoms with van der Waals surface area (Å²) in [6.07, 6.45) is 2.05. The number of hydrogen-bond acceptors (Lipinski definition) is 4. The van der Waals surface area contributed by atoms with Crippen LogP contribution in [0.3, 0.4) is 0 Å². The first kappa shape index (κ1) is 19.5. The van der Waals surface area contributed by atoms with Crippen molar-refractivity contribution >= 4 is 21.6 Å². The Morgan fingerprint density at radius 2 is 1.81 bits per heavy atom. The van der Waals surface area contributed by atoms with Crippen LogP contribution in [0, 0.1) is 11.7 Å². The fourth-order valence-corrected chi connectivity index (χ4v) is 4.05. The van der Waals surface area contributed by atoms with Gasteiger partial charge in [0.1, 0.15) is 5.82 Å². The third kappa shape index (κ3) is 5.35. The summed E-state index contributed by atoms with van der Waals surface area (Å²) in [5.41, 5.74) is 0.774. The molecule has 0 saturated carbocycles. The van der Waals surface area contributed by atoms with E-state index in [0.29, 0.717) is 23.7 Å².